The van der Waals surface area contributed by atoms with Crippen LogP contribution in [0.5, 0.6) is 0 Å². The maximum absolute atomic E-state index is 12.3. The Morgan fingerprint density at radius 3 is 2.78 bits per heavy atom. The fourth-order valence-electron chi connectivity index (χ4n) is 2.96. The molecule has 0 bridgehead atoms. The molecule has 23 heavy (non-hydrogen) atoms. The minimum absolute atomic E-state index is 0.0270. The number of hydrogen-bond acceptors (Lipinski definition) is 4. The molecular weight excluding hydrogens is 306 g/mol. The van der Waals surface area contributed by atoms with Crippen molar-refractivity contribution < 1.29 is 0 Å². The largest absolute Gasteiger partial charge is 0.290 e. The van der Waals surface area contributed by atoms with Gasteiger partial charge in [-0.3, -0.25) is 14.1 Å². The standard InChI is InChI=1S/C18H19N3OS/c1-13-12-23-18-19-15(9-17(22)21(13)18)11-20(16-7-8-16)10-14-5-3-2-4-6-14/h2-6,9,12,16H,7-8,10-11H2,1H3. The smallest absolute Gasteiger partial charge is 0.259 e. The second-order valence-corrected chi connectivity index (χ2v) is 7.04. The summed E-state index contributed by atoms with van der Waals surface area (Å²) in [5.41, 5.74) is 3.17. The molecule has 1 aliphatic carbocycles. The molecule has 0 amide bonds. The van der Waals surface area contributed by atoms with Crippen molar-refractivity contribution in [1.82, 2.24) is 14.3 Å². The van der Waals surface area contributed by atoms with Crippen molar-refractivity contribution >= 4 is 16.3 Å². The topological polar surface area (TPSA) is 37.6 Å². The lowest BCUT2D eigenvalue weighted by Gasteiger charge is -2.21. The molecule has 0 aliphatic heterocycles. The number of rotatable bonds is 5. The number of thiazole rings is 1. The third kappa shape index (κ3) is 3.07. The molecule has 118 valence electrons. The van der Waals surface area contributed by atoms with Gasteiger partial charge in [-0.05, 0) is 25.3 Å². The minimum Gasteiger partial charge on any atom is -0.290 e. The van der Waals surface area contributed by atoms with Gasteiger partial charge in [0.15, 0.2) is 4.96 Å². The zero-order chi connectivity index (χ0) is 15.8. The lowest BCUT2D eigenvalue weighted by atomic mass is 10.2. The molecule has 0 spiro atoms. The van der Waals surface area contributed by atoms with E-state index in [2.05, 4.69) is 34.1 Å². The number of nitrogens with zero attached hydrogens (tertiary/aromatic N) is 3. The summed E-state index contributed by atoms with van der Waals surface area (Å²) in [4.78, 5) is 20.2. The van der Waals surface area contributed by atoms with E-state index < -0.39 is 0 Å². The van der Waals surface area contributed by atoms with E-state index in [1.807, 2.05) is 18.4 Å². The average Bonchev–Trinajstić information content (AvgIpc) is 3.32. The molecule has 1 fully saturated rings. The van der Waals surface area contributed by atoms with Crippen molar-refractivity contribution in [2.24, 2.45) is 0 Å². The number of fused-ring (bicyclic) bond motifs is 1. The Morgan fingerprint density at radius 1 is 1.26 bits per heavy atom. The number of aryl methyl sites for hydroxylation is 1. The highest BCUT2D eigenvalue weighted by atomic mass is 32.1. The van der Waals surface area contributed by atoms with Gasteiger partial charge in [-0.1, -0.05) is 30.3 Å². The fourth-order valence-corrected chi connectivity index (χ4v) is 3.85. The van der Waals surface area contributed by atoms with Gasteiger partial charge in [0.1, 0.15) is 0 Å². The van der Waals surface area contributed by atoms with Crippen molar-refractivity contribution in [2.45, 2.75) is 38.9 Å². The molecule has 2 heterocycles. The predicted octanol–water partition coefficient (Wildman–Crippen LogP) is 3.23. The molecule has 0 radical (unpaired) electrons. The summed E-state index contributed by atoms with van der Waals surface area (Å²) in [6, 6.07) is 12.8. The van der Waals surface area contributed by atoms with E-state index in [0.717, 1.165) is 29.4 Å². The van der Waals surface area contributed by atoms with Crippen molar-refractivity contribution in [3.05, 3.63) is 69.1 Å². The van der Waals surface area contributed by atoms with Gasteiger partial charge in [0.05, 0.1) is 5.69 Å². The Labute approximate surface area is 139 Å². The Bertz CT molecular complexity index is 880. The van der Waals surface area contributed by atoms with Crippen LogP contribution >= 0.6 is 11.3 Å². The van der Waals surface area contributed by atoms with Gasteiger partial charge in [0.25, 0.3) is 5.56 Å². The predicted molar refractivity (Wildman–Crippen MR) is 92.8 cm³/mol. The van der Waals surface area contributed by atoms with E-state index in [0.29, 0.717) is 6.04 Å². The van der Waals surface area contributed by atoms with E-state index in [1.54, 1.807) is 10.5 Å². The number of benzene rings is 1. The molecule has 0 saturated heterocycles. The number of aromatic nitrogens is 2. The highest BCUT2D eigenvalue weighted by Crippen LogP contribution is 2.29. The fraction of sp³-hybridized carbons (Fsp3) is 0.333. The molecule has 0 N–H and O–H groups in total. The van der Waals surface area contributed by atoms with Crippen LogP contribution in [0.15, 0.2) is 46.6 Å². The molecule has 4 rings (SSSR count). The summed E-state index contributed by atoms with van der Waals surface area (Å²) in [5, 5.41) is 1.98. The van der Waals surface area contributed by atoms with Crippen molar-refractivity contribution in [2.75, 3.05) is 0 Å². The highest BCUT2D eigenvalue weighted by molar-refractivity contribution is 7.15. The van der Waals surface area contributed by atoms with Crippen LogP contribution in [0.4, 0.5) is 0 Å². The summed E-state index contributed by atoms with van der Waals surface area (Å²) < 4.78 is 1.69. The monoisotopic (exact) mass is 325 g/mol. The van der Waals surface area contributed by atoms with E-state index in [1.165, 1.54) is 29.7 Å². The van der Waals surface area contributed by atoms with Crippen molar-refractivity contribution in [1.29, 1.82) is 0 Å². The van der Waals surface area contributed by atoms with Crippen LogP contribution in [0, 0.1) is 6.92 Å². The summed E-state index contributed by atoms with van der Waals surface area (Å²) in [6.07, 6.45) is 2.48. The molecule has 3 aromatic rings. The van der Waals surface area contributed by atoms with E-state index in [9.17, 15) is 4.79 Å². The van der Waals surface area contributed by atoms with Gasteiger partial charge < -0.3 is 0 Å². The molecule has 4 nitrogen and oxygen atoms in total. The summed E-state index contributed by atoms with van der Waals surface area (Å²) >= 11 is 1.53. The normalized spacial score (nSPS) is 14.7. The molecule has 5 heteroatoms. The molecule has 2 aromatic heterocycles. The van der Waals surface area contributed by atoms with Crippen LogP contribution in [0.3, 0.4) is 0 Å². The first-order valence-corrected chi connectivity index (χ1v) is 8.83. The number of hydrogen-bond donors (Lipinski definition) is 0. The van der Waals surface area contributed by atoms with E-state index >= 15 is 0 Å². The van der Waals surface area contributed by atoms with Gasteiger partial charge >= 0.3 is 0 Å². The van der Waals surface area contributed by atoms with Gasteiger partial charge in [0.2, 0.25) is 0 Å². The summed E-state index contributed by atoms with van der Waals surface area (Å²) in [7, 11) is 0. The Balaban J connectivity index is 1.61. The van der Waals surface area contributed by atoms with Crippen LogP contribution in [0.25, 0.3) is 4.96 Å². The third-order valence-corrected chi connectivity index (χ3v) is 5.23. The molecule has 1 aromatic carbocycles. The first kappa shape index (κ1) is 14.6. The summed E-state index contributed by atoms with van der Waals surface area (Å²) in [5.74, 6) is 0. The van der Waals surface area contributed by atoms with Gasteiger partial charge in [-0.2, -0.15) is 0 Å². The molecule has 0 atom stereocenters. The minimum atomic E-state index is 0.0270. The maximum atomic E-state index is 12.3. The molecule has 1 saturated carbocycles. The highest BCUT2D eigenvalue weighted by Gasteiger charge is 2.29. The third-order valence-electron chi connectivity index (χ3n) is 4.29. The van der Waals surface area contributed by atoms with Crippen LogP contribution in [-0.2, 0) is 13.1 Å². The molecular formula is C18H19N3OS. The lowest BCUT2D eigenvalue weighted by molar-refractivity contribution is 0.243. The lowest BCUT2D eigenvalue weighted by Crippen LogP contribution is -2.27. The Morgan fingerprint density at radius 2 is 2.04 bits per heavy atom. The second-order valence-electron chi connectivity index (χ2n) is 6.20. The first-order valence-electron chi connectivity index (χ1n) is 7.95. The average molecular weight is 325 g/mol. The SMILES string of the molecule is Cc1csc2nc(CN(Cc3ccccc3)C3CC3)cc(=O)n12. The first-order chi connectivity index (χ1) is 11.2. The van der Waals surface area contributed by atoms with Crippen LogP contribution in [0.2, 0.25) is 0 Å². The van der Waals surface area contributed by atoms with Crippen molar-refractivity contribution in [3.63, 3.8) is 0 Å². The molecule has 1 aliphatic rings. The van der Waals surface area contributed by atoms with Crippen LogP contribution < -0.4 is 5.56 Å². The molecule has 0 unspecified atom stereocenters. The van der Waals surface area contributed by atoms with Gasteiger partial charge in [-0.15, -0.1) is 11.3 Å². The second kappa shape index (κ2) is 5.91. The Kier molecular flexibility index (Phi) is 3.75. The quantitative estimate of drug-likeness (QED) is 0.723. The Hall–Kier alpha value is -1.98. The maximum Gasteiger partial charge on any atom is 0.259 e. The zero-order valence-electron chi connectivity index (χ0n) is 13.1. The zero-order valence-corrected chi connectivity index (χ0v) is 13.9. The summed E-state index contributed by atoms with van der Waals surface area (Å²) in [6.45, 7) is 3.59. The van der Waals surface area contributed by atoms with Gasteiger partial charge in [-0.25, -0.2) is 4.98 Å². The van der Waals surface area contributed by atoms with E-state index in [-0.39, 0.29) is 5.56 Å². The van der Waals surface area contributed by atoms with Crippen LogP contribution in [-0.4, -0.2) is 20.3 Å². The van der Waals surface area contributed by atoms with Crippen molar-refractivity contribution in [3.8, 4) is 0 Å². The van der Waals surface area contributed by atoms with Crippen LogP contribution in [0.1, 0.15) is 29.8 Å². The van der Waals surface area contributed by atoms with E-state index in [4.69, 9.17) is 0 Å². The van der Waals surface area contributed by atoms with Gasteiger partial charge in [0, 0.05) is 36.3 Å².